The summed E-state index contributed by atoms with van der Waals surface area (Å²) in [5.41, 5.74) is 1.31. The predicted molar refractivity (Wildman–Crippen MR) is 101 cm³/mol. The second kappa shape index (κ2) is 7.49. The van der Waals surface area contributed by atoms with Crippen LogP contribution >= 0.6 is 31.9 Å². The van der Waals surface area contributed by atoms with E-state index < -0.39 is 6.04 Å². The molecule has 2 amide bonds. The molecule has 0 saturated carbocycles. The lowest BCUT2D eigenvalue weighted by atomic mass is 10.1. The second-order valence-electron chi connectivity index (χ2n) is 5.67. The molecule has 1 aliphatic heterocycles. The molecule has 6 heteroatoms. The minimum Gasteiger partial charge on any atom is -0.327 e. The molecule has 3 rings (SSSR count). The molecule has 0 unspecified atom stereocenters. The Kier molecular flexibility index (Phi) is 5.36. The third-order valence-electron chi connectivity index (χ3n) is 3.98. The zero-order chi connectivity index (χ0) is 17.1. The van der Waals surface area contributed by atoms with Gasteiger partial charge in [0.2, 0.25) is 5.91 Å². The Labute approximate surface area is 157 Å². The first-order chi connectivity index (χ1) is 11.5. The Morgan fingerprint density at radius 1 is 1.04 bits per heavy atom. The molecule has 24 heavy (non-hydrogen) atoms. The Balaban J connectivity index is 1.75. The highest BCUT2D eigenvalue weighted by molar-refractivity contribution is 9.10. The van der Waals surface area contributed by atoms with Crippen LogP contribution in [0.15, 0.2) is 57.5 Å². The zero-order valence-electron chi connectivity index (χ0n) is 12.8. The van der Waals surface area contributed by atoms with Crippen LogP contribution in [0, 0.1) is 0 Å². The van der Waals surface area contributed by atoms with Gasteiger partial charge in [0.25, 0.3) is 5.91 Å². The van der Waals surface area contributed by atoms with Crippen LogP contribution < -0.4 is 5.32 Å². The second-order valence-corrected chi connectivity index (χ2v) is 7.50. The van der Waals surface area contributed by atoms with E-state index in [2.05, 4.69) is 37.2 Å². The SMILES string of the molecule is O=C(Nc1cccc(Br)c1)[C@H]1CCCN1C(=O)c1cccc(Br)c1. The van der Waals surface area contributed by atoms with Gasteiger partial charge in [-0.3, -0.25) is 9.59 Å². The molecule has 0 aliphatic carbocycles. The summed E-state index contributed by atoms with van der Waals surface area (Å²) in [7, 11) is 0. The Bertz CT molecular complexity index is 779. The van der Waals surface area contributed by atoms with E-state index in [1.807, 2.05) is 36.4 Å². The van der Waals surface area contributed by atoms with Crippen molar-refractivity contribution in [2.75, 3.05) is 11.9 Å². The van der Waals surface area contributed by atoms with Gasteiger partial charge in [-0.25, -0.2) is 0 Å². The van der Waals surface area contributed by atoms with Gasteiger partial charge in [0.1, 0.15) is 6.04 Å². The molecule has 0 aromatic heterocycles. The molecule has 1 aliphatic rings. The lowest BCUT2D eigenvalue weighted by Gasteiger charge is -2.24. The van der Waals surface area contributed by atoms with Gasteiger partial charge < -0.3 is 10.2 Å². The van der Waals surface area contributed by atoms with Crippen LogP contribution in [0.3, 0.4) is 0 Å². The molecule has 0 bridgehead atoms. The van der Waals surface area contributed by atoms with Crippen molar-refractivity contribution in [3.05, 3.63) is 63.0 Å². The number of anilines is 1. The van der Waals surface area contributed by atoms with Crippen molar-refractivity contribution in [1.82, 2.24) is 4.90 Å². The van der Waals surface area contributed by atoms with E-state index in [0.717, 1.165) is 21.1 Å². The Morgan fingerprint density at radius 3 is 2.46 bits per heavy atom. The number of hydrogen-bond acceptors (Lipinski definition) is 2. The predicted octanol–water partition coefficient (Wildman–Crippen LogP) is 4.45. The number of likely N-dealkylation sites (tertiary alicyclic amines) is 1. The molecule has 1 saturated heterocycles. The van der Waals surface area contributed by atoms with Crippen LogP contribution in [0.25, 0.3) is 0 Å². The van der Waals surface area contributed by atoms with Crippen molar-refractivity contribution in [2.24, 2.45) is 0 Å². The highest BCUT2D eigenvalue weighted by Crippen LogP contribution is 2.23. The normalized spacial score (nSPS) is 16.9. The first-order valence-corrected chi connectivity index (χ1v) is 9.26. The number of halogens is 2. The molecule has 1 heterocycles. The van der Waals surface area contributed by atoms with E-state index in [1.165, 1.54) is 0 Å². The van der Waals surface area contributed by atoms with Gasteiger partial charge in [-0.1, -0.05) is 44.0 Å². The summed E-state index contributed by atoms with van der Waals surface area (Å²) in [6, 6.07) is 14.2. The van der Waals surface area contributed by atoms with Crippen molar-refractivity contribution in [2.45, 2.75) is 18.9 Å². The van der Waals surface area contributed by atoms with Crippen molar-refractivity contribution in [3.63, 3.8) is 0 Å². The third-order valence-corrected chi connectivity index (χ3v) is 4.97. The van der Waals surface area contributed by atoms with Gasteiger partial charge in [0.05, 0.1) is 0 Å². The fraction of sp³-hybridized carbons (Fsp3) is 0.222. The summed E-state index contributed by atoms with van der Waals surface area (Å²) in [5, 5.41) is 2.90. The van der Waals surface area contributed by atoms with E-state index >= 15 is 0 Å². The number of amides is 2. The maximum atomic E-state index is 12.7. The molecule has 0 spiro atoms. The molecule has 2 aromatic carbocycles. The lowest BCUT2D eigenvalue weighted by molar-refractivity contribution is -0.119. The molecule has 124 valence electrons. The van der Waals surface area contributed by atoms with Crippen molar-refractivity contribution in [1.29, 1.82) is 0 Å². The maximum Gasteiger partial charge on any atom is 0.254 e. The van der Waals surface area contributed by atoms with Crippen molar-refractivity contribution in [3.8, 4) is 0 Å². The number of rotatable bonds is 3. The first kappa shape index (κ1) is 17.2. The van der Waals surface area contributed by atoms with E-state index in [4.69, 9.17) is 0 Å². The minimum atomic E-state index is -0.435. The van der Waals surface area contributed by atoms with Crippen LogP contribution in [-0.4, -0.2) is 29.3 Å². The smallest absolute Gasteiger partial charge is 0.254 e. The number of carbonyl (C=O) groups is 2. The average Bonchev–Trinajstić information content (AvgIpc) is 3.04. The van der Waals surface area contributed by atoms with Crippen LogP contribution in [0.2, 0.25) is 0 Å². The molecule has 4 nitrogen and oxygen atoms in total. The molecule has 1 fully saturated rings. The van der Waals surface area contributed by atoms with Crippen molar-refractivity contribution >= 4 is 49.4 Å². The van der Waals surface area contributed by atoms with E-state index in [-0.39, 0.29) is 11.8 Å². The molecular weight excluding hydrogens is 436 g/mol. The standard InChI is InChI=1S/C18H16Br2N2O2/c19-13-5-1-4-12(10-13)18(24)22-9-3-8-16(22)17(23)21-15-7-2-6-14(20)11-15/h1-2,4-7,10-11,16H,3,8-9H2,(H,21,23)/t16-/m1/s1. The van der Waals surface area contributed by atoms with Crippen LogP contribution in [-0.2, 0) is 4.79 Å². The summed E-state index contributed by atoms with van der Waals surface area (Å²) in [6.45, 7) is 0.599. The van der Waals surface area contributed by atoms with E-state index in [9.17, 15) is 9.59 Å². The fourth-order valence-electron chi connectivity index (χ4n) is 2.86. The Morgan fingerprint density at radius 2 is 1.75 bits per heavy atom. The molecule has 1 atom stereocenters. The van der Waals surface area contributed by atoms with Crippen LogP contribution in [0.4, 0.5) is 5.69 Å². The van der Waals surface area contributed by atoms with Gasteiger partial charge in [-0.2, -0.15) is 0 Å². The Hall–Kier alpha value is -1.66. The topological polar surface area (TPSA) is 49.4 Å². The van der Waals surface area contributed by atoms with Crippen LogP contribution in [0.1, 0.15) is 23.2 Å². The van der Waals surface area contributed by atoms with Gasteiger partial charge in [0, 0.05) is 26.7 Å². The monoisotopic (exact) mass is 450 g/mol. The average molecular weight is 452 g/mol. The van der Waals surface area contributed by atoms with Crippen LogP contribution in [0.5, 0.6) is 0 Å². The number of hydrogen-bond donors (Lipinski definition) is 1. The van der Waals surface area contributed by atoms with E-state index in [1.54, 1.807) is 17.0 Å². The number of carbonyl (C=O) groups excluding carboxylic acids is 2. The van der Waals surface area contributed by atoms with Crippen molar-refractivity contribution < 1.29 is 9.59 Å². The molecular formula is C18H16Br2N2O2. The maximum absolute atomic E-state index is 12.7. The van der Waals surface area contributed by atoms with Gasteiger partial charge in [0.15, 0.2) is 0 Å². The first-order valence-electron chi connectivity index (χ1n) is 7.67. The highest BCUT2D eigenvalue weighted by Gasteiger charge is 2.34. The minimum absolute atomic E-state index is 0.108. The number of nitrogens with zero attached hydrogens (tertiary/aromatic N) is 1. The van der Waals surface area contributed by atoms with Gasteiger partial charge in [-0.15, -0.1) is 0 Å². The quantitative estimate of drug-likeness (QED) is 0.749. The number of benzene rings is 2. The van der Waals surface area contributed by atoms with Gasteiger partial charge in [-0.05, 0) is 49.2 Å². The highest BCUT2D eigenvalue weighted by atomic mass is 79.9. The molecule has 1 N–H and O–H groups in total. The summed E-state index contributed by atoms with van der Waals surface area (Å²) in [5.74, 6) is -0.253. The summed E-state index contributed by atoms with van der Waals surface area (Å²) in [4.78, 5) is 27.0. The fourth-order valence-corrected chi connectivity index (χ4v) is 3.66. The summed E-state index contributed by atoms with van der Waals surface area (Å²) >= 11 is 6.77. The van der Waals surface area contributed by atoms with Gasteiger partial charge >= 0.3 is 0 Å². The summed E-state index contributed by atoms with van der Waals surface area (Å²) < 4.78 is 1.75. The largest absolute Gasteiger partial charge is 0.327 e. The molecule has 0 radical (unpaired) electrons. The lowest BCUT2D eigenvalue weighted by Crippen LogP contribution is -2.43. The summed E-state index contributed by atoms with van der Waals surface area (Å²) in [6.07, 6.45) is 1.51. The van der Waals surface area contributed by atoms with E-state index in [0.29, 0.717) is 18.5 Å². The number of nitrogens with one attached hydrogen (secondary N) is 1. The third kappa shape index (κ3) is 3.87. The molecule has 2 aromatic rings. The zero-order valence-corrected chi connectivity index (χ0v) is 16.0.